The zero-order chi connectivity index (χ0) is 80.7. The lowest BCUT2D eigenvalue weighted by Gasteiger charge is -2.33. The Hall–Kier alpha value is -10.7. The van der Waals surface area contributed by atoms with Gasteiger partial charge in [-0.1, -0.05) is 85.0 Å². The van der Waals surface area contributed by atoms with Crippen LogP contribution in [0.5, 0.6) is 17.2 Å². The van der Waals surface area contributed by atoms with Crippen LogP contribution in [0.25, 0.3) is 22.9 Å². The average Bonchev–Trinajstić information content (AvgIpc) is 1.60. The molecule has 2 radical (unpaired) electrons. The molecule has 8 rings (SSSR count). The van der Waals surface area contributed by atoms with Crippen LogP contribution in [0, 0.1) is 29.6 Å². The second-order valence-corrected chi connectivity index (χ2v) is 31.0. The van der Waals surface area contributed by atoms with E-state index in [1.807, 2.05) is 106 Å². The van der Waals surface area contributed by atoms with E-state index in [-0.39, 0.29) is 68.8 Å². The highest BCUT2D eigenvalue weighted by molar-refractivity contribution is 6.28. The summed E-state index contributed by atoms with van der Waals surface area (Å²) in [5, 5.41) is 29.1. The van der Waals surface area contributed by atoms with E-state index < -0.39 is 87.4 Å². The van der Waals surface area contributed by atoms with Gasteiger partial charge in [-0.15, -0.1) is 0 Å². The number of hydrogen-bond acceptors (Lipinski definition) is 18. The Kier molecular flexibility index (Phi) is 28.3. The highest BCUT2D eigenvalue weighted by Crippen LogP contribution is 2.46. The minimum absolute atomic E-state index is 0.0455. The fourth-order valence-electron chi connectivity index (χ4n) is 12.5. The number of imide groups is 1. The van der Waals surface area contributed by atoms with Crippen LogP contribution in [-0.4, -0.2) is 188 Å². The molecular weight excluding hydrogens is 1400 g/mol. The van der Waals surface area contributed by atoms with Gasteiger partial charge < -0.3 is 71.1 Å². The highest BCUT2D eigenvalue weighted by atomic mass is 16.5. The van der Waals surface area contributed by atoms with Crippen molar-refractivity contribution in [3.8, 4) is 17.2 Å². The maximum absolute atomic E-state index is 13.7. The second kappa shape index (κ2) is 36.7. The highest BCUT2D eigenvalue weighted by Gasteiger charge is 2.41. The fourth-order valence-corrected chi connectivity index (χ4v) is 12.5. The van der Waals surface area contributed by atoms with Crippen molar-refractivity contribution in [1.29, 1.82) is 0 Å². The maximum atomic E-state index is 13.7. The number of aliphatic imine (C=N–C) groups is 2. The van der Waals surface area contributed by atoms with E-state index in [2.05, 4.69) is 61.5 Å². The third-order valence-corrected chi connectivity index (χ3v) is 19.8. The molecular formula is C83H107BN12O14. The summed E-state index contributed by atoms with van der Waals surface area (Å²) in [5.41, 5.74) is 5.32. The van der Waals surface area contributed by atoms with Gasteiger partial charge in [-0.25, -0.2) is 0 Å². The Balaban J connectivity index is 0.777. The number of nitrogens with one attached hydrogen (secondary N) is 7. The molecule has 0 spiro atoms. The molecule has 9 amide bonds. The Morgan fingerprint density at radius 1 is 0.727 bits per heavy atom. The molecule has 0 bridgehead atoms. The van der Waals surface area contributed by atoms with Gasteiger partial charge in [0.25, 0.3) is 11.8 Å². The van der Waals surface area contributed by atoms with Crippen LogP contribution in [0.3, 0.4) is 0 Å². The number of fused-ring (bicyclic) bond motifs is 2. The molecule has 5 unspecified atom stereocenters. The van der Waals surface area contributed by atoms with E-state index in [1.165, 1.54) is 12.2 Å². The standard InChI is InChI=1S/C83H107BN12O14/c1-18-55-39-67(107-17)68(40-64(55)85-43-62-38-58(44-94(62)16)56-22-26-60(27-23-56)90-74(101)52(7)88-76(103)72(49(2)3)92-78(105)80(10,11)32-34-97)109-36-20-35-108-66-41-65-63(37-51(66)6)54(9)96-45-59(42-83(96,84)47-86-65)57-24-28-61(29-25-57)91-75(102)53(8)89-77(104)73(50(4)5)93-79(106)81(12,13)48-110-82(14,15)46-87-69(98)21-19-33-95-70(99)30-31-71(95)100/h18,22-31,37,39-41,43-45,47,49-50,52-53,62,72-73,97H,1,9,19-21,32-36,38,42,46,48H2,2-8,10-17H3,(H,87,98)(H,88,103)(H,89,104)(H,90,101)(H,91,102)(H,92,105)(H,93,106)/t52-,53?,62?,72?,73?,83?/m0/s1. The summed E-state index contributed by atoms with van der Waals surface area (Å²) in [5.74, 6) is -2.73. The normalized spacial score (nSPS) is 17.3. The smallest absolute Gasteiger partial charge is 0.253 e. The molecule has 27 heteroatoms. The summed E-state index contributed by atoms with van der Waals surface area (Å²) in [6, 6.07) is 18.5. The van der Waals surface area contributed by atoms with Gasteiger partial charge in [-0.2, -0.15) is 0 Å². The summed E-state index contributed by atoms with van der Waals surface area (Å²) in [6.45, 7) is 31.8. The van der Waals surface area contributed by atoms with E-state index >= 15 is 0 Å². The molecule has 0 fully saturated rings. The molecule has 26 nitrogen and oxygen atoms in total. The van der Waals surface area contributed by atoms with E-state index in [9.17, 15) is 48.3 Å². The summed E-state index contributed by atoms with van der Waals surface area (Å²) >= 11 is 0. The average molecular weight is 1510 g/mol. The van der Waals surface area contributed by atoms with Gasteiger partial charge in [-0.3, -0.25) is 58.0 Å². The first kappa shape index (κ1) is 85.0. The van der Waals surface area contributed by atoms with Crippen molar-refractivity contribution in [2.75, 3.05) is 64.3 Å². The third-order valence-electron chi connectivity index (χ3n) is 19.8. The predicted octanol–water partition coefficient (Wildman–Crippen LogP) is 9.46. The lowest BCUT2D eigenvalue weighted by Crippen LogP contribution is -2.56. The topological polar surface area (TPSA) is 329 Å². The van der Waals surface area contributed by atoms with Crippen molar-refractivity contribution in [3.05, 3.63) is 138 Å². The zero-order valence-electron chi connectivity index (χ0n) is 66.0. The Morgan fingerprint density at radius 3 is 1.83 bits per heavy atom. The van der Waals surface area contributed by atoms with Gasteiger partial charge in [0.05, 0.1) is 55.4 Å². The largest absolute Gasteiger partial charge is 0.493 e. The number of rotatable bonds is 37. The molecule has 4 aromatic rings. The van der Waals surface area contributed by atoms with E-state index in [1.54, 1.807) is 101 Å². The van der Waals surface area contributed by atoms with E-state index in [4.69, 9.17) is 36.8 Å². The Bertz CT molecular complexity index is 4280. The number of amides is 9. The summed E-state index contributed by atoms with van der Waals surface area (Å²) < 4.78 is 24.5. The lowest BCUT2D eigenvalue weighted by atomic mass is 9.74. The number of anilines is 2. The number of aliphatic hydroxyl groups is 1. The number of carbonyl (C=O) groups is 9. The number of ether oxygens (including phenoxy) is 4. The SMILES string of the molecule is [B]C12C=Nc3cc(OCCCOc4cc(N=CC5CC(c6ccc(NC(=O)[C@H](C)NC(=O)C(NC(=O)C(C)(C)CCO)C(C)C)cc6)=CN5C)c(C=C)cc4OC)c(C)cc3C(=C)N1C=C(c1ccc(NC(=O)C(C)NC(=O)C(NC(=O)C(C)(C)COC(C)(C)CNC(=O)CCCN3C(=O)C=CC3=O)C(C)C)cc1)C2. The number of nitrogens with zero attached hydrogens (tertiary/aromatic N) is 5. The third kappa shape index (κ3) is 21.8. The molecule has 0 aliphatic carbocycles. The second-order valence-electron chi connectivity index (χ2n) is 31.0. The summed E-state index contributed by atoms with van der Waals surface area (Å²) in [7, 11) is 10.7. The van der Waals surface area contributed by atoms with Crippen molar-refractivity contribution < 1.29 is 67.2 Å². The van der Waals surface area contributed by atoms with Gasteiger partial charge in [0.15, 0.2) is 11.5 Å². The Morgan fingerprint density at radius 2 is 1.28 bits per heavy atom. The molecule has 4 aliphatic heterocycles. The quantitative estimate of drug-likeness (QED) is 0.00901. The van der Waals surface area contributed by atoms with Gasteiger partial charge in [0.2, 0.25) is 41.4 Å². The number of carbonyl (C=O) groups excluding carboxylic acids is 9. The van der Waals surface area contributed by atoms with Crippen molar-refractivity contribution in [3.63, 3.8) is 0 Å². The van der Waals surface area contributed by atoms with Crippen LogP contribution in [0.15, 0.2) is 120 Å². The molecule has 4 aromatic carbocycles. The molecule has 4 aliphatic rings. The number of hydrogen-bond donors (Lipinski definition) is 8. The first-order valence-corrected chi connectivity index (χ1v) is 37.2. The van der Waals surface area contributed by atoms with Crippen molar-refractivity contribution in [2.24, 2.45) is 32.7 Å². The number of aliphatic hydroxyl groups excluding tert-OH is 1. The van der Waals surface area contributed by atoms with E-state index in [0.717, 1.165) is 43.9 Å². The maximum Gasteiger partial charge on any atom is 0.253 e. The van der Waals surface area contributed by atoms with Gasteiger partial charge in [-0.05, 0) is 150 Å². The molecule has 0 aromatic heterocycles. The molecule has 0 saturated carbocycles. The number of methoxy groups -OCH3 is 1. The number of aryl methyl sites for hydroxylation is 1. The van der Waals surface area contributed by atoms with Gasteiger partial charge in [0, 0.05) is 128 Å². The van der Waals surface area contributed by atoms with Crippen molar-refractivity contribution >= 4 is 119 Å². The first-order valence-electron chi connectivity index (χ1n) is 37.2. The van der Waals surface area contributed by atoms with Crippen LogP contribution in [0.1, 0.15) is 149 Å². The predicted molar refractivity (Wildman–Crippen MR) is 429 cm³/mol. The molecule has 110 heavy (non-hydrogen) atoms. The van der Waals surface area contributed by atoms with Crippen molar-refractivity contribution in [2.45, 2.75) is 170 Å². The summed E-state index contributed by atoms with van der Waals surface area (Å²) in [6.07, 6.45) is 14.0. The number of benzene rings is 4. The minimum atomic E-state index is -1.11. The Labute approximate surface area is 646 Å². The summed E-state index contributed by atoms with van der Waals surface area (Å²) in [4.78, 5) is 132. The molecule has 8 N–H and O–H groups in total. The van der Waals surface area contributed by atoms with E-state index in [0.29, 0.717) is 84.6 Å². The van der Waals surface area contributed by atoms with Crippen LogP contribution < -0.4 is 51.4 Å². The zero-order valence-corrected chi connectivity index (χ0v) is 66.0. The first-order chi connectivity index (χ1) is 51.9. The van der Waals surface area contributed by atoms with Gasteiger partial charge >= 0.3 is 0 Å². The van der Waals surface area contributed by atoms with Gasteiger partial charge in [0.1, 0.15) is 37.8 Å². The van der Waals surface area contributed by atoms with Crippen LogP contribution in [0.2, 0.25) is 0 Å². The molecule has 0 saturated heterocycles. The molecule has 6 atom stereocenters. The van der Waals surface area contributed by atoms with Crippen LogP contribution >= 0.6 is 0 Å². The van der Waals surface area contributed by atoms with Crippen LogP contribution in [0.4, 0.5) is 22.7 Å². The molecule has 586 valence electrons. The monoisotopic (exact) mass is 1510 g/mol. The minimum Gasteiger partial charge on any atom is -0.493 e. The molecule has 4 heterocycles. The fraction of sp³-hybridized carbons (Fsp3) is 0.458. The van der Waals surface area contributed by atoms with Crippen LogP contribution in [-0.2, 0) is 47.9 Å². The van der Waals surface area contributed by atoms with Crippen molar-refractivity contribution in [1.82, 2.24) is 41.3 Å². The lowest BCUT2D eigenvalue weighted by molar-refractivity contribution is -0.141.